The molecule has 1 aromatic heterocycles. The summed E-state index contributed by atoms with van der Waals surface area (Å²) >= 11 is 0. The minimum atomic E-state index is -0.613. The first-order valence-electron chi connectivity index (χ1n) is 8.93. The zero-order chi connectivity index (χ0) is 17.3. The molecule has 0 aromatic carbocycles. The van der Waals surface area contributed by atoms with Gasteiger partial charge in [-0.15, -0.1) is 0 Å². The van der Waals surface area contributed by atoms with Gasteiger partial charge in [0.25, 0.3) is 5.91 Å². The van der Waals surface area contributed by atoms with Crippen LogP contribution in [0.15, 0.2) is 6.07 Å². The summed E-state index contributed by atoms with van der Waals surface area (Å²) in [7, 11) is 0. The first-order chi connectivity index (χ1) is 11.4. The summed E-state index contributed by atoms with van der Waals surface area (Å²) in [6.07, 6.45) is 1.80. The molecule has 1 aromatic rings. The predicted octanol–water partition coefficient (Wildman–Crippen LogP) is 2.13. The Kier molecular flexibility index (Phi) is 4.76. The van der Waals surface area contributed by atoms with Gasteiger partial charge < -0.3 is 14.5 Å². The smallest absolute Gasteiger partial charge is 0.254 e. The minimum Gasteiger partial charge on any atom is -0.365 e. The number of anilines is 1. The van der Waals surface area contributed by atoms with Crippen molar-refractivity contribution in [1.82, 2.24) is 14.9 Å². The summed E-state index contributed by atoms with van der Waals surface area (Å²) in [5, 5.41) is 0. The van der Waals surface area contributed by atoms with E-state index >= 15 is 0 Å². The number of hydrogen-bond acceptors (Lipinski definition) is 5. The number of hydrogen-bond donors (Lipinski definition) is 0. The Bertz CT molecular complexity index is 603. The van der Waals surface area contributed by atoms with Gasteiger partial charge >= 0.3 is 0 Å². The SMILES string of the molecule is Cc1cc(N2CCN(C(=O)C3(C)CCCO3)CC2)nc(C(C)C)n1. The van der Waals surface area contributed by atoms with Crippen molar-refractivity contribution in [3.8, 4) is 0 Å². The lowest BCUT2D eigenvalue weighted by molar-refractivity contribution is -0.151. The Morgan fingerprint density at radius 3 is 2.54 bits per heavy atom. The Balaban J connectivity index is 1.66. The summed E-state index contributed by atoms with van der Waals surface area (Å²) in [5.74, 6) is 2.31. The highest BCUT2D eigenvalue weighted by molar-refractivity contribution is 5.85. The molecule has 6 heteroatoms. The van der Waals surface area contributed by atoms with Crippen LogP contribution in [0.25, 0.3) is 0 Å². The monoisotopic (exact) mass is 332 g/mol. The van der Waals surface area contributed by atoms with E-state index in [0.717, 1.165) is 56.4 Å². The van der Waals surface area contributed by atoms with Crippen molar-refractivity contribution >= 4 is 11.7 Å². The number of amides is 1. The molecule has 2 fully saturated rings. The number of aromatic nitrogens is 2. The highest BCUT2D eigenvalue weighted by atomic mass is 16.5. The fourth-order valence-corrected chi connectivity index (χ4v) is 3.42. The van der Waals surface area contributed by atoms with Gasteiger partial charge in [0.2, 0.25) is 0 Å². The minimum absolute atomic E-state index is 0.140. The van der Waals surface area contributed by atoms with Crippen LogP contribution in [0.2, 0.25) is 0 Å². The maximum atomic E-state index is 12.7. The van der Waals surface area contributed by atoms with Crippen LogP contribution in [0.3, 0.4) is 0 Å². The van der Waals surface area contributed by atoms with Gasteiger partial charge in [0, 0.05) is 50.5 Å². The van der Waals surface area contributed by atoms with E-state index in [1.54, 1.807) is 0 Å². The van der Waals surface area contributed by atoms with Crippen LogP contribution in [0.4, 0.5) is 5.82 Å². The van der Waals surface area contributed by atoms with Crippen molar-refractivity contribution in [1.29, 1.82) is 0 Å². The molecule has 2 saturated heterocycles. The van der Waals surface area contributed by atoms with Gasteiger partial charge in [-0.05, 0) is 26.7 Å². The third kappa shape index (κ3) is 3.38. The molecule has 1 unspecified atom stereocenters. The third-order valence-corrected chi connectivity index (χ3v) is 4.94. The van der Waals surface area contributed by atoms with Crippen LogP contribution < -0.4 is 4.90 Å². The normalized spacial score (nSPS) is 24.7. The molecular formula is C18H28N4O2. The number of nitrogens with zero attached hydrogens (tertiary/aromatic N) is 4. The Morgan fingerprint density at radius 1 is 1.25 bits per heavy atom. The number of piperazine rings is 1. The number of aryl methyl sites for hydroxylation is 1. The third-order valence-electron chi connectivity index (χ3n) is 4.94. The predicted molar refractivity (Wildman–Crippen MR) is 93.2 cm³/mol. The second-order valence-corrected chi connectivity index (χ2v) is 7.34. The van der Waals surface area contributed by atoms with Gasteiger partial charge in [0.15, 0.2) is 0 Å². The molecule has 2 aliphatic heterocycles. The lowest BCUT2D eigenvalue weighted by Crippen LogP contribution is -2.55. The molecule has 3 heterocycles. The van der Waals surface area contributed by atoms with Crippen molar-refractivity contribution in [2.45, 2.75) is 52.1 Å². The fourth-order valence-electron chi connectivity index (χ4n) is 3.42. The summed E-state index contributed by atoms with van der Waals surface area (Å²) in [6, 6.07) is 2.03. The first-order valence-corrected chi connectivity index (χ1v) is 8.93. The number of carbonyl (C=O) groups is 1. The molecule has 2 aliphatic rings. The average molecular weight is 332 g/mol. The van der Waals surface area contributed by atoms with Gasteiger partial charge in [0.1, 0.15) is 17.2 Å². The second kappa shape index (κ2) is 6.67. The molecule has 0 aliphatic carbocycles. The Hall–Kier alpha value is -1.69. The molecule has 24 heavy (non-hydrogen) atoms. The van der Waals surface area contributed by atoms with E-state index in [2.05, 4.69) is 23.7 Å². The molecule has 132 valence electrons. The van der Waals surface area contributed by atoms with Crippen molar-refractivity contribution < 1.29 is 9.53 Å². The van der Waals surface area contributed by atoms with Crippen LogP contribution in [0.1, 0.15) is 51.0 Å². The van der Waals surface area contributed by atoms with E-state index in [0.29, 0.717) is 12.5 Å². The van der Waals surface area contributed by atoms with Crippen LogP contribution in [-0.2, 0) is 9.53 Å². The molecule has 0 saturated carbocycles. The van der Waals surface area contributed by atoms with Crippen molar-refractivity contribution in [2.24, 2.45) is 0 Å². The fraction of sp³-hybridized carbons (Fsp3) is 0.722. The van der Waals surface area contributed by atoms with Gasteiger partial charge in [-0.1, -0.05) is 13.8 Å². The van der Waals surface area contributed by atoms with Crippen LogP contribution in [-0.4, -0.2) is 59.2 Å². The van der Waals surface area contributed by atoms with Gasteiger partial charge in [-0.3, -0.25) is 4.79 Å². The molecule has 1 amide bonds. The first kappa shape index (κ1) is 17.1. The Morgan fingerprint density at radius 2 is 1.96 bits per heavy atom. The molecule has 0 radical (unpaired) electrons. The van der Waals surface area contributed by atoms with E-state index in [-0.39, 0.29) is 5.91 Å². The lowest BCUT2D eigenvalue weighted by atomic mass is 10.0. The van der Waals surface area contributed by atoms with Crippen molar-refractivity contribution in [3.63, 3.8) is 0 Å². The summed E-state index contributed by atoms with van der Waals surface area (Å²) in [5.41, 5.74) is 0.382. The highest BCUT2D eigenvalue weighted by Gasteiger charge is 2.41. The van der Waals surface area contributed by atoms with E-state index in [9.17, 15) is 4.79 Å². The highest BCUT2D eigenvalue weighted by Crippen LogP contribution is 2.28. The van der Waals surface area contributed by atoms with Gasteiger partial charge in [-0.2, -0.15) is 0 Å². The topological polar surface area (TPSA) is 58.6 Å². The lowest BCUT2D eigenvalue weighted by Gasteiger charge is -2.38. The number of carbonyl (C=O) groups excluding carboxylic acids is 1. The molecule has 6 nitrogen and oxygen atoms in total. The zero-order valence-corrected chi connectivity index (χ0v) is 15.2. The van der Waals surface area contributed by atoms with E-state index in [4.69, 9.17) is 9.72 Å². The maximum absolute atomic E-state index is 12.7. The van der Waals surface area contributed by atoms with Crippen LogP contribution in [0, 0.1) is 6.92 Å². The summed E-state index contributed by atoms with van der Waals surface area (Å²) in [6.45, 7) is 11.9. The van der Waals surface area contributed by atoms with E-state index < -0.39 is 5.60 Å². The summed E-state index contributed by atoms with van der Waals surface area (Å²) in [4.78, 5) is 26.1. The van der Waals surface area contributed by atoms with E-state index in [1.807, 2.05) is 24.8 Å². The largest absolute Gasteiger partial charge is 0.365 e. The molecule has 0 N–H and O–H groups in total. The molecule has 0 bridgehead atoms. The molecule has 0 spiro atoms. The van der Waals surface area contributed by atoms with Crippen LogP contribution >= 0.6 is 0 Å². The second-order valence-electron chi connectivity index (χ2n) is 7.34. The van der Waals surface area contributed by atoms with Gasteiger partial charge in [0.05, 0.1) is 0 Å². The maximum Gasteiger partial charge on any atom is 0.254 e. The molecular weight excluding hydrogens is 304 g/mol. The molecule has 1 atom stereocenters. The van der Waals surface area contributed by atoms with E-state index in [1.165, 1.54) is 0 Å². The number of ether oxygens (including phenoxy) is 1. The van der Waals surface area contributed by atoms with Crippen LogP contribution in [0.5, 0.6) is 0 Å². The number of rotatable bonds is 3. The summed E-state index contributed by atoms with van der Waals surface area (Å²) < 4.78 is 5.70. The van der Waals surface area contributed by atoms with Gasteiger partial charge in [-0.25, -0.2) is 9.97 Å². The Labute approximate surface area is 144 Å². The quantitative estimate of drug-likeness (QED) is 0.849. The van der Waals surface area contributed by atoms with Crippen molar-refractivity contribution in [3.05, 3.63) is 17.6 Å². The standard InChI is InChI=1S/C18H28N4O2/c1-13(2)16-19-14(3)12-15(20-16)21-7-9-22(10-8-21)17(23)18(4)6-5-11-24-18/h12-13H,5-11H2,1-4H3. The average Bonchev–Trinajstić information content (AvgIpc) is 3.01. The zero-order valence-electron chi connectivity index (χ0n) is 15.2. The molecule has 3 rings (SSSR count). The van der Waals surface area contributed by atoms with Crippen molar-refractivity contribution in [2.75, 3.05) is 37.7 Å².